The second kappa shape index (κ2) is 8.53. The molecule has 8 nitrogen and oxygen atoms in total. The van der Waals surface area contributed by atoms with Crippen LogP contribution in [-0.2, 0) is 13.1 Å². The number of hydrogen-bond donors (Lipinski definition) is 0. The molecule has 1 fully saturated rings. The van der Waals surface area contributed by atoms with E-state index >= 15 is 0 Å². The molecule has 8 heteroatoms. The number of likely N-dealkylation sites (tertiary alicyclic amines) is 1. The predicted octanol–water partition coefficient (Wildman–Crippen LogP) is 2.68. The molecular formula is C24H26N4O4. The van der Waals surface area contributed by atoms with Gasteiger partial charge < -0.3 is 18.9 Å². The number of rotatable bonds is 5. The summed E-state index contributed by atoms with van der Waals surface area (Å²) >= 11 is 0. The van der Waals surface area contributed by atoms with Gasteiger partial charge in [0.05, 0.1) is 6.54 Å². The van der Waals surface area contributed by atoms with E-state index in [2.05, 4.69) is 5.10 Å². The number of carbonyl (C=O) groups is 1. The van der Waals surface area contributed by atoms with E-state index in [1.165, 1.54) is 0 Å². The first kappa shape index (κ1) is 20.4. The maximum atomic E-state index is 13.3. The number of benzene rings is 1. The molecule has 1 saturated heterocycles. The second-order valence-corrected chi connectivity index (χ2v) is 8.46. The number of hydrogen-bond acceptors (Lipinski definition) is 5. The van der Waals surface area contributed by atoms with E-state index < -0.39 is 0 Å². The van der Waals surface area contributed by atoms with E-state index in [-0.39, 0.29) is 23.8 Å². The minimum Gasteiger partial charge on any atom is -0.454 e. The van der Waals surface area contributed by atoms with Crippen LogP contribution < -0.4 is 15.0 Å². The number of fused-ring (bicyclic) bond motifs is 1. The Balaban J connectivity index is 1.30. The molecule has 4 heterocycles. The van der Waals surface area contributed by atoms with Gasteiger partial charge in [-0.1, -0.05) is 6.07 Å². The van der Waals surface area contributed by atoms with Crippen molar-refractivity contribution in [3.8, 4) is 11.5 Å². The van der Waals surface area contributed by atoms with Crippen molar-refractivity contribution in [1.29, 1.82) is 0 Å². The van der Waals surface area contributed by atoms with Crippen LogP contribution in [-0.4, -0.2) is 45.0 Å². The largest absolute Gasteiger partial charge is 0.454 e. The summed E-state index contributed by atoms with van der Waals surface area (Å²) in [5.41, 5.74) is 1.63. The molecule has 2 aromatic heterocycles. The van der Waals surface area contributed by atoms with Gasteiger partial charge in [-0.15, -0.1) is 0 Å². The molecule has 1 aromatic carbocycles. The monoisotopic (exact) mass is 434 g/mol. The van der Waals surface area contributed by atoms with Crippen LogP contribution in [0.25, 0.3) is 0 Å². The van der Waals surface area contributed by atoms with Gasteiger partial charge >= 0.3 is 0 Å². The van der Waals surface area contributed by atoms with Crippen LogP contribution in [0.5, 0.6) is 11.5 Å². The fourth-order valence-corrected chi connectivity index (χ4v) is 4.44. The quantitative estimate of drug-likeness (QED) is 0.617. The summed E-state index contributed by atoms with van der Waals surface area (Å²) in [6, 6.07) is 9.39. The molecule has 2 aliphatic rings. The average molecular weight is 434 g/mol. The molecule has 0 aliphatic carbocycles. The van der Waals surface area contributed by atoms with Gasteiger partial charge in [0.1, 0.15) is 5.56 Å². The molecule has 0 spiro atoms. The van der Waals surface area contributed by atoms with Crippen molar-refractivity contribution in [2.45, 2.75) is 32.9 Å². The van der Waals surface area contributed by atoms with E-state index in [0.29, 0.717) is 42.6 Å². The summed E-state index contributed by atoms with van der Waals surface area (Å²) in [4.78, 5) is 28.3. The number of aromatic nitrogens is 3. The first-order chi connectivity index (χ1) is 15.6. The summed E-state index contributed by atoms with van der Waals surface area (Å²) in [7, 11) is 0. The summed E-state index contributed by atoms with van der Waals surface area (Å²) in [5, 5.41) is 4.28. The van der Waals surface area contributed by atoms with Crippen molar-refractivity contribution in [2.24, 2.45) is 5.92 Å². The fourth-order valence-electron chi connectivity index (χ4n) is 4.44. The van der Waals surface area contributed by atoms with Crippen molar-refractivity contribution in [1.82, 2.24) is 19.2 Å². The zero-order valence-electron chi connectivity index (χ0n) is 18.1. The van der Waals surface area contributed by atoms with Crippen LogP contribution in [0, 0.1) is 12.8 Å². The zero-order valence-corrected chi connectivity index (χ0v) is 18.1. The molecule has 32 heavy (non-hydrogen) atoms. The van der Waals surface area contributed by atoms with E-state index in [1.807, 2.05) is 53.0 Å². The van der Waals surface area contributed by atoms with Crippen molar-refractivity contribution in [2.75, 3.05) is 19.9 Å². The molecular weight excluding hydrogens is 408 g/mol. The number of nitrogens with zero attached hydrogens (tertiary/aromatic N) is 4. The molecule has 3 aromatic rings. The van der Waals surface area contributed by atoms with Crippen LogP contribution in [0.15, 0.2) is 53.7 Å². The van der Waals surface area contributed by atoms with Gasteiger partial charge in [0, 0.05) is 38.2 Å². The Morgan fingerprint density at radius 3 is 2.72 bits per heavy atom. The van der Waals surface area contributed by atoms with Crippen LogP contribution in [0.1, 0.15) is 34.3 Å². The van der Waals surface area contributed by atoms with Crippen LogP contribution >= 0.6 is 0 Å². The molecule has 5 rings (SSSR count). The predicted molar refractivity (Wildman–Crippen MR) is 118 cm³/mol. The number of piperidine rings is 1. The van der Waals surface area contributed by atoms with Crippen molar-refractivity contribution < 1.29 is 14.3 Å². The number of carbonyl (C=O) groups excluding carboxylic acids is 1. The van der Waals surface area contributed by atoms with E-state index in [1.54, 1.807) is 17.0 Å². The normalized spacial score (nSPS) is 15.8. The number of aryl methyl sites for hydroxylation is 1. The SMILES string of the molecule is Cc1ccn(Cc2ccc3c(c2)OCO3)c(=O)c1C(=O)N1CCC(Cn2cccn2)CC1. The molecule has 166 valence electrons. The Bertz CT molecular complexity index is 1180. The van der Waals surface area contributed by atoms with Gasteiger partial charge in [-0.3, -0.25) is 14.3 Å². The highest BCUT2D eigenvalue weighted by molar-refractivity contribution is 5.95. The molecule has 0 saturated carbocycles. The Labute approximate surface area is 186 Å². The summed E-state index contributed by atoms with van der Waals surface area (Å²) in [5.74, 6) is 1.69. The third-order valence-corrected chi connectivity index (χ3v) is 6.28. The van der Waals surface area contributed by atoms with E-state index in [9.17, 15) is 9.59 Å². The van der Waals surface area contributed by atoms with Crippen molar-refractivity contribution in [3.63, 3.8) is 0 Å². The number of pyridine rings is 1. The van der Waals surface area contributed by atoms with Crippen LogP contribution in [0.4, 0.5) is 0 Å². The second-order valence-electron chi connectivity index (χ2n) is 8.46. The molecule has 0 radical (unpaired) electrons. The third-order valence-electron chi connectivity index (χ3n) is 6.28. The molecule has 2 aliphatic heterocycles. The summed E-state index contributed by atoms with van der Waals surface area (Å²) in [6.45, 7) is 4.57. The first-order valence-corrected chi connectivity index (χ1v) is 10.9. The zero-order chi connectivity index (χ0) is 22.1. The lowest BCUT2D eigenvalue weighted by Crippen LogP contribution is -2.42. The summed E-state index contributed by atoms with van der Waals surface area (Å²) < 4.78 is 14.3. The molecule has 0 N–H and O–H groups in total. The Morgan fingerprint density at radius 2 is 1.94 bits per heavy atom. The summed E-state index contributed by atoms with van der Waals surface area (Å²) in [6.07, 6.45) is 7.31. The minimum absolute atomic E-state index is 0.176. The maximum Gasteiger partial charge on any atom is 0.263 e. The molecule has 0 bridgehead atoms. The lowest BCUT2D eigenvalue weighted by molar-refractivity contribution is 0.0678. The van der Waals surface area contributed by atoms with E-state index in [0.717, 1.165) is 24.9 Å². The highest BCUT2D eigenvalue weighted by Crippen LogP contribution is 2.32. The van der Waals surface area contributed by atoms with Gasteiger partial charge in [0.15, 0.2) is 11.5 Å². The number of ether oxygens (including phenoxy) is 2. The highest BCUT2D eigenvalue weighted by atomic mass is 16.7. The van der Waals surface area contributed by atoms with Crippen LogP contribution in [0.2, 0.25) is 0 Å². The molecule has 1 amide bonds. The topological polar surface area (TPSA) is 78.6 Å². The van der Waals surface area contributed by atoms with Gasteiger partial charge in [-0.05, 0) is 61.1 Å². The smallest absolute Gasteiger partial charge is 0.263 e. The lowest BCUT2D eigenvalue weighted by Gasteiger charge is -2.32. The lowest BCUT2D eigenvalue weighted by atomic mass is 9.96. The Hall–Kier alpha value is -3.55. The fraction of sp³-hybridized carbons (Fsp3) is 0.375. The van der Waals surface area contributed by atoms with Gasteiger partial charge in [0.2, 0.25) is 6.79 Å². The van der Waals surface area contributed by atoms with Gasteiger partial charge in [0.25, 0.3) is 11.5 Å². The maximum absolute atomic E-state index is 13.3. The molecule has 0 unspecified atom stereocenters. The minimum atomic E-state index is -0.258. The Kier molecular flexibility index (Phi) is 5.43. The Morgan fingerprint density at radius 1 is 1.12 bits per heavy atom. The standard InChI is InChI=1S/C24H26N4O4/c1-17-5-10-27(14-19-3-4-20-21(13-19)32-16-31-20)24(30)22(17)23(29)26-11-6-18(7-12-26)15-28-9-2-8-25-28/h2-5,8-10,13,18H,6-7,11-12,14-16H2,1H3. The molecule has 0 atom stereocenters. The van der Waals surface area contributed by atoms with E-state index in [4.69, 9.17) is 9.47 Å². The average Bonchev–Trinajstić information content (AvgIpc) is 3.48. The van der Waals surface area contributed by atoms with Crippen LogP contribution in [0.3, 0.4) is 0 Å². The number of amides is 1. The highest BCUT2D eigenvalue weighted by Gasteiger charge is 2.27. The van der Waals surface area contributed by atoms with Gasteiger partial charge in [-0.2, -0.15) is 5.10 Å². The first-order valence-electron chi connectivity index (χ1n) is 10.9. The third kappa shape index (κ3) is 4.00. The van der Waals surface area contributed by atoms with Gasteiger partial charge in [-0.25, -0.2) is 0 Å². The van der Waals surface area contributed by atoms with Crippen molar-refractivity contribution >= 4 is 5.91 Å². The van der Waals surface area contributed by atoms with Crippen molar-refractivity contribution in [3.05, 3.63) is 76.0 Å².